The average Bonchev–Trinajstić information content (AvgIpc) is 2.80. The van der Waals surface area contributed by atoms with Gasteiger partial charge < -0.3 is 9.47 Å². The first kappa shape index (κ1) is 24.2. The fraction of sp³-hybridized carbons (Fsp3) is 0.167. The van der Waals surface area contributed by atoms with Crippen molar-refractivity contribution in [1.29, 1.82) is 0 Å². The fourth-order valence-electron chi connectivity index (χ4n) is 2.72. The van der Waals surface area contributed by atoms with E-state index in [4.69, 9.17) is 21.1 Å². The molecular formula is C24H22BrClN2O3S. The van der Waals surface area contributed by atoms with Crippen LogP contribution in [0.2, 0.25) is 5.02 Å². The molecule has 0 fully saturated rings. The van der Waals surface area contributed by atoms with Gasteiger partial charge >= 0.3 is 0 Å². The molecule has 0 radical (unpaired) electrons. The molecule has 8 heteroatoms. The van der Waals surface area contributed by atoms with Gasteiger partial charge in [-0.2, -0.15) is 5.10 Å². The summed E-state index contributed by atoms with van der Waals surface area (Å²) in [6.07, 6.45) is 1.56. The van der Waals surface area contributed by atoms with E-state index in [-0.39, 0.29) is 11.2 Å². The molecule has 0 heterocycles. The fourth-order valence-corrected chi connectivity index (χ4v) is 4.28. The predicted molar refractivity (Wildman–Crippen MR) is 134 cm³/mol. The first-order valence-electron chi connectivity index (χ1n) is 9.75. The van der Waals surface area contributed by atoms with Crippen LogP contribution in [0.5, 0.6) is 11.5 Å². The van der Waals surface area contributed by atoms with Crippen LogP contribution in [-0.4, -0.2) is 24.5 Å². The summed E-state index contributed by atoms with van der Waals surface area (Å²) < 4.78 is 12.1. The molecule has 166 valence electrons. The Labute approximate surface area is 205 Å². The highest BCUT2D eigenvalue weighted by molar-refractivity contribution is 9.10. The molecule has 0 bridgehead atoms. The predicted octanol–water partition coefficient (Wildman–Crippen LogP) is 6.32. The van der Waals surface area contributed by atoms with E-state index in [1.54, 1.807) is 31.5 Å². The highest BCUT2D eigenvalue weighted by atomic mass is 79.9. The summed E-state index contributed by atoms with van der Waals surface area (Å²) in [4.78, 5) is 13.3. The number of halogens is 2. The van der Waals surface area contributed by atoms with E-state index in [0.717, 1.165) is 20.5 Å². The molecule has 0 saturated heterocycles. The Kier molecular flexibility index (Phi) is 9.02. The molecular weight excluding hydrogens is 512 g/mol. The number of benzene rings is 3. The molecule has 1 amide bonds. The van der Waals surface area contributed by atoms with Gasteiger partial charge in [-0.05, 0) is 70.4 Å². The first-order chi connectivity index (χ1) is 15.5. The average molecular weight is 534 g/mol. The molecule has 0 aliphatic rings. The summed E-state index contributed by atoms with van der Waals surface area (Å²) in [7, 11) is 1.58. The van der Waals surface area contributed by atoms with Gasteiger partial charge in [-0.3, -0.25) is 4.79 Å². The van der Waals surface area contributed by atoms with Gasteiger partial charge in [0.25, 0.3) is 5.91 Å². The smallest absolute Gasteiger partial charge is 0.253 e. The van der Waals surface area contributed by atoms with Gasteiger partial charge in [0.05, 0.1) is 23.0 Å². The van der Waals surface area contributed by atoms with E-state index >= 15 is 0 Å². The number of carbonyl (C=O) groups excluding carboxylic acids is 1. The van der Waals surface area contributed by atoms with Gasteiger partial charge in [0.1, 0.15) is 6.61 Å². The minimum Gasteiger partial charge on any atom is -0.493 e. The molecule has 3 rings (SSSR count). The Morgan fingerprint density at radius 1 is 1.19 bits per heavy atom. The molecule has 0 aliphatic carbocycles. The van der Waals surface area contributed by atoms with Gasteiger partial charge in [-0.25, -0.2) is 5.43 Å². The lowest BCUT2D eigenvalue weighted by atomic mass is 10.2. The van der Waals surface area contributed by atoms with E-state index in [1.807, 2.05) is 55.5 Å². The maximum absolute atomic E-state index is 12.3. The number of methoxy groups -OCH3 is 1. The van der Waals surface area contributed by atoms with Crippen molar-refractivity contribution in [3.8, 4) is 11.5 Å². The lowest BCUT2D eigenvalue weighted by Gasteiger charge is -2.13. The third-order valence-corrected chi connectivity index (χ3v) is 6.31. The summed E-state index contributed by atoms with van der Waals surface area (Å²) in [5, 5.41) is 4.43. The highest BCUT2D eigenvalue weighted by Crippen LogP contribution is 2.36. The molecule has 3 aromatic rings. The molecule has 1 unspecified atom stereocenters. The minimum absolute atomic E-state index is 0.199. The number of carbonyl (C=O) groups is 1. The Hall–Kier alpha value is -2.48. The molecule has 1 N–H and O–H groups in total. The van der Waals surface area contributed by atoms with Gasteiger partial charge in [-0.15, -0.1) is 11.8 Å². The van der Waals surface area contributed by atoms with Crippen LogP contribution in [0.15, 0.2) is 81.2 Å². The number of nitrogens with zero attached hydrogens (tertiary/aromatic N) is 1. The molecule has 3 aromatic carbocycles. The van der Waals surface area contributed by atoms with Gasteiger partial charge in [0.2, 0.25) is 0 Å². The van der Waals surface area contributed by atoms with Gasteiger partial charge in [-0.1, -0.05) is 41.9 Å². The number of hydrazone groups is 1. The number of amides is 1. The van der Waals surface area contributed by atoms with Gasteiger partial charge in [0.15, 0.2) is 11.5 Å². The monoisotopic (exact) mass is 532 g/mol. The molecule has 5 nitrogen and oxygen atoms in total. The van der Waals surface area contributed by atoms with Crippen LogP contribution in [0.1, 0.15) is 18.1 Å². The highest BCUT2D eigenvalue weighted by Gasteiger charge is 2.14. The molecule has 0 aromatic heterocycles. The Morgan fingerprint density at radius 3 is 2.59 bits per heavy atom. The molecule has 32 heavy (non-hydrogen) atoms. The van der Waals surface area contributed by atoms with E-state index in [2.05, 4.69) is 26.5 Å². The van der Waals surface area contributed by atoms with Crippen LogP contribution in [0.4, 0.5) is 0 Å². The van der Waals surface area contributed by atoms with E-state index in [0.29, 0.717) is 23.1 Å². The second-order valence-electron chi connectivity index (χ2n) is 6.76. The van der Waals surface area contributed by atoms with E-state index < -0.39 is 0 Å². The van der Waals surface area contributed by atoms with Crippen molar-refractivity contribution in [2.45, 2.75) is 23.7 Å². The van der Waals surface area contributed by atoms with Crippen LogP contribution >= 0.6 is 39.3 Å². The van der Waals surface area contributed by atoms with Crippen LogP contribution < -0.4 is 14.9 Å². The summed E-state index contributed by atoms with van der Waals surface area (Å²) in [5.41, 5.74) is 4.38. The molecule has 0 aliphatic heterocycles. The van der Waals surface area contributed by atoms with E-state index in [9.17, 15) is 4.79 Å². The Morgan fingerprint density at radius 2 is 1.91 bits per heavy atom. The second-order valence-corrected chi connectivity index (χ2v) is 9.46. The first-order valence-corrected chi connectivity index (χ1v) is 11.8. The SMILES string of the molecule is COc1cc(/C=N/NC(=O)C(C)Sc2ccc(Cl)cc2)cc(Br)c1OCc1ccccc1. The van der Waals surface area contributed by atoms with Crippen molar-refractivity contribution in [2.24, 2.45) is 5.10 Å². The zero-order chi connectivity index (χ0) is 22.9. The number of hydrogen-bond donors (Lipinski definition) is 1. The summed E-state index contributed by atoms with van der Waals surface area (Å²) in [5.74, 6) is 0.968. The Balaban J connectivity index is 1.60. The van der Waals surface area contributed by atoms with Crippen molar-refractivity contribution < 1.29 is 14.3 Å². The standard InChI is InChI=1S/C24H22BrClN2O3S/c1-16(32-20-10-8-19(26)9-11-20)24(29)28-27-14-18-12-21(25)23(22(13-18)30-2)31-15-17-6-4-3-5-7-17/h3-14,16H,15H2,1-2H3,(H,28,29)/b27-14+. The summed E-state index contributed by atoms with van der Waals surface area (Å²) in [6.45, 7) is 2.24. The maximum Gasteiger partial charge on any atom is 0.253 e. The van der Waals surface area contributed by atoms with Crippen LogP contribution in [0.25, 0.3) is 0 Å². The van der Waals surface area contributed by atoms with Gasteiger partial charge in [0, 0.05) is 9.92 Å². The normalized spacial score (nSPS) is 11.9. The maximum atomic E-state index is 12.3. The van der Waals surface area contributed by atoms with Crippen LogP contribution in [0.3, 0.4) is 0 Å². The number of rotatable bonds is 9. The summed E-state index contributed by atoms with van der Waals surface area (Å²) in [6, 6.07) is 20.9. The van der Waals surface area contributed by atoms with Crippen molar-refractivity contribution >= 4 is 51.4 Å². The topological polar surface area (TPSA) is 59.9 Å². The summed E-state index contributed by atoms with van der Waals surface area (Å²) >= 11 is 10.9. The lowest BCUT2D eigenvalue weighted by Crippen LogP contribution is -2.26. The zero-order valence-corrected chi connectivity index (χ0v) is 20.7. The zero-order valence-electron chi connectivity index (χ0n) is 17.5. The number of ether oxygens (including phenoxy) is 2. The van der Waals surface area contributed by atoms with Crippen molar-refractivity contribution in [3.05, 3.63) is 87.4 Å². The van der Waals surface area contributed by atoms with E-state index in [1.165, 1.54) is 11.8 Å². The van der Waals surface area contributed by atoms with Crippen LogP contribution in [-0.2, 0) is 11.4 Å². The third kappa shape index (κ3) is 7.02. The molecule has 0 saturated carbocycles. The largest absolute Gasteiger partial charge is 0.493 e. The van der Waals surface area contributed by atoms with Crippen molar-refractivity contribution in [1.82, 2.24) is 5.43 Å². The van der Waals surface area contributed by atoms with Crippen molar-refractivity contribution in [3.63, 3.8) is 0 Å². The van der Waals surface area contributed by atoms with Crippen LogP contribution in [0, 0.1) is 0 Å². The lowest BCUT2D eigenvalue weighted by molar-refractivity contribution is -0.120. The number of thioether (sulfide) groups is 1. The minimum atomic E-state index is -0.316. The molecule has 1 atom stereocenters. The Bertz CT molecular complexity index is 1080. The van der Waals surface area contributed by atoms with Crippen molar-refractivity contribution in [2.75, 3.05) is 7.11 Å². The second kappa shape index (κ2) is 11.9. The number of nitrogens with one attached hydrogen (secondary N) is 1. The molecule has 0 spiro atoms. The quantitative estimate of drug-likeness (QED) is 0.199. The third-order valence-electron chi connectivity index (χ3n) is 4.36. The number of hydrogen-bond acceptors (Lipinski definition) is 5.